The minimum absolute atomic E-state index is 0.0185. The number of rotatable bonds is 2. The zero-order chi connectivity index (χ0) is 7.56. The Morgan fingerprint density at radius 2 is 2.60 bits per heavy atom. The molecule has 0 amide bonds. The summed E-state index contributed by atoms with van der Waals surface area (Å²) in [5.74, 6) is -1.07. The van der Waals surface area contributed by atoms with E-state index in [0.29, 0.717) is 0 Å². The molecule has 4 heteroatoms. The van der Waals surface area contributed by atoms with E-state index in [1.165, 1.54) is 23.2 Å². The Labute approximate surface area is 57.4 Å². The van der Waals surface area contributed by atoms with Crippen molar-refractivity contribution in [2.75, 3.05) is 0 Å². The van der Waals surface area contributed by atoms with E-state index in [9.17, 15) is 4.79 Å². The van der Waals surface area contributed by atoms with Gasteiger partial charge in [0.05, 0.1) is 0 Å². The molecule has 0 aliphatic carbocycles. The van der Waals surface area contributed by atoms with E-state index >= 15 is 0 Å². The van der Waals surface area contributed by atoms with E-state index in [1.54, 1.807) is 0 Å². The normalized spacial score (nSPS) is 9.20. The Kier molecular flexibility index (Phi) is 1.53. The summed E-state index contributed by atoms with van der Waals surface area (Å²) in [5.41, 5.74) is 0. The quantitative estimate of drug-likeness (QED) is 0.653. The molecular weight excluding hydrogens is 132 g/mol. The monoisotopic (exact) mass is 138 g/mol. The molecule has 0 unspecified atom stereocenters. The molecular formula is C6H6N2O2. The van der Waals surface area contributed by atoms with Crippen LogP contribution in [0.15, 0.2) is 19.0 Å². The molecule has 1 aromatic rings. The Morgan fingerprint density at radius 1 is 1.90 bits per heavy atom. The van der Waals surface area contributed by atoms with E-state index in [2.05, 4.69) is 11.6 Å². The number of hydrogen-bond acceptors (Lipinski definition) is 2. The van der Waals surface area contributed by atoms with Crippen LogP contribution in [-0.2, 0) is 0 Å². The predicted molar refractivity (Wildman–Crippen MR) is 35.6 cm³/mol. The lowest BCUT2D eigenvalue weighted by Gasteiger charge is -1.92. The number of carbonyl (C=O) groups is 1. The van der Waals surface area contributed by atoms with Crippen LogP contribution in [0.1, 0.15) is 10.6 Å². The first-order valence-corrected chi connectivity index (χ1v) is 2.64. The van der Waals surface area contributed by atoms with Crippen LogP contribution >= 0.6 is 0 Å². The van der Waals surface area contributed by atoms with Gasteiger partial charge in [0.25, 0.3) is 0 Å². The molecule has 0 aliphatic rings. The second-order valence-electron chi connectivity index (χ2n) is 1.65. The van der Waals surface area contributed by atoms with Crippen molar-refractivity contribution in [1.82, 2.24) is 9.55 Å². The molecule has 0 radical (unpaired) electrons. The molecule has 4 nitrogen and oxygen atoms in total. The van der Waals surface area contributed by atoms with Gasteiger partial charge in [-0.05, 0) is 0 Å². The van der Waals surface area contributed by atoms with Crippen LogP contribution in [0.2, 0.25) is 0 Å². The van der Waals surface area contributed by atoms with Crippen LogP contribution in [0.4, 0.5) is 0 Å². The fourth-order valence-corrected chi connectivity index (χ4v) is 0.626. The largest absolute Gasteiger partial charge is 0.475 e. The highest BCUT2D eigenvalue weighted by Gasteiger charge is 2.06. The van der Waals surface area contributed by atoms with E-state index in [0.717, 1.165) is 0 Å². The number of imidazole rings is 1. The number of aromatic nitrogens is 2. The SMILES string of the molecule is C=Cn1ccnc1C(=O)O. The summed E-state index contributed by atoms with van der Waals surface area (Å²) in [7, 11) is 0. The highest BCUT2D eigenvalue weighted by Crippen LogP contribution is 1.95. The zero-order valence-corrected chi connectivity index (χ0v) is 5.19. The number of aromatic carboxylic acids is 1. The number of carboxylic acid groups (broad SMARTS) is 1. The van der Waals surface area contributed by atoms with Crippen molar-refractivity contribution in [3.8, 4) is 0 Å². The fraction of sp³-hybridized carbons (Fsp3) is 0. The van der Waals surface area contributed by atoms with Gasteiger partial charge in [-0.25, -0.2) is 9.78 Å². The summed E-state index contributed by atoms with van der Waals surface area (Å²) in [6.45, 7) is 3.41. The molecule has 0 spiro atoms. The van der Waals surface area contributed by atoms with Gasteiger partial charge in [-0.1, -0.05) is 6.58 Å². The molecule has 0 bridgehead atoms. The lowest BCUT2D eigenvalue weighted by molar-refractivity contribution is 0.0682. The molecule has 10 heavy (non-hydrogen) atoms. The van der Waals surface area contributed by atoms with Gasteiger partial charge in [0.15, 0.2) is 0 Å². The topological polar surface area (TPSA) is 55.1 Å². The summed E-state index contributed by atoms with van der Waals surface area (Å²) in [6.07, 6.45) is 4.32. The van der Waals surface area contributed by atoms with Crippen molar-refractivity contribution >= 4 is 12.2 Å². The lowest BCUT2D eigenvalue weighted by atomic mass is 10.6. The average Bonchev–Trinajstić information content (AvgIpc) is 2.33. The molecule has 0 saturated carbocycles. The highest BCUT2D eigenvalue weighted by molar-refractivity contribution is 5.84. The third-order valence-corrected chi connectivity index (χ3v) is 1.06. The zero-order valence-electron chi connectivity index (χ0n) is 5.19. The second-order valence-corrected chi connectivity index (χ2v) is 1.65. The van der Waals surface area contributed by atoms with Crippen LogP contribution < -0.4 is 0 Å². The van der Waals surface area contributed by atoms with E-state index < -0.39 is 5.97 Å². The maximum Gasteiger partial charge on any atom is 0.372 e. The van der Waals surface area contributed by atoms with E-state index in [1.807, 2.05) is 0 Å². The minimum Gasteiger partial charge on any atom is -0.475 e. The Morgan fingerprint density at radius 3 is 3.00 bits per heavy atom. The van der Waals surface area contributed by atoms with Crippen LogP contribution in [0.25, 0.3) is 6.20 Å². The molecule has 1 heterocycles. The van der Waals surface area contributed by atoms with Gasteiger partial charge in [-0.3, -0.25) is 0 Å². The summed E-state index contributed by atoms with van der Waals surface area (Å²) in [4.78, 5) is 13.9. The Hall–Kier alpha value is -1.58. The van der Waals surface area contributed by atoms with Gasteiger partial charge in [0.1, 0.15) is 0 Å². The Balaban J connectivity index is 3.13. The molecule has 0 aliphatic heterocycles. The van der Waals surface area contributed by atoms with Crippen molar-refractivity contribution in [3.05, 3.63) is 24.8 Å². The van der Waals surface area contributed by atoms with E-state index in [-0.39, 0.29) is 5.82 Å². The molecule has 0 atom stereocenters. The maximum absolute atomic E-state index is 10.3. The second kappa shape index (κ2) is 2.34. The maximum atomic E-state index is 10.3. The fourth-order valence-electron chi connectivity index (χ4n) is 0.626. The van der Waals surface area contributed by atoms with Gasteiger partial charge in [-0.2, -0.15) is 0 Å². The highest BCUT2D eigenvalue weighted by atomic mass is 16.4. The van der Waals surface area contributed by atoms with Gasteiger partial charge in [0, 0.05) is 18.6 Å². The summed E-state index contributed by atoms with van der Waals surface area (Å²) >= 11 is 0. The first kappa shape index (κ1) is 6.54. The van der Waals surface area contributed by atoms with Crippen molar-refractivity contribution < 1.29 is 9.90 Å². The number of hydrogen-bond donors (Lipinski definition) is 1. The molecule has 0 saturated heterocycles. The van der Waals surface area contributed by atoms with Crippen LogP contribution in [0.3, 0.4) is 0 Å². The third kappa shape index (κ3) is 0.907. The van der Waals surface area contributed by atoms with Crippen molar-refractivity contribution in [2.24, 2.45) is 0 Å². The van der Waals surface area contributed by atoms with Crippen molar-refractivity contribution in [3.63, 3.8) is 0 Å². The summed E-state index contributed by atoms with van der Waals surface area (Å²) < 4.78 is 1.34. The minimum atomic E-state index is -1.05. The van der Waals surface area contributed by atoms with Crippen LogP contribution in [0.5, 0.6) is 0 Å². The molecule has 52 valence electrons. The summed E-state index contributed by atoms with van der Waals surface area (Å²) in [5, 5.41) is 8.45. The van der Waals surface area contributed by atoms with Gasteiger partial charge < -0.3 is 9.67 Å². The van der Waals surface area contributed by atoms with Gasteiger partial charge >= 0.3 is 5.97 Å². The molecule has 0 fully saturated rings. The molecule has 1 N–H and O–H groups in total. The lowest BCUT2D eigenvalue weighted by Crippen LogP contribution is -2.03. The van der Waals surface area contributed by atoms with Gasteiger partial charge in [-0.15, -0.1) is 0 Å². The average molecular weight is 138 g/mol. The third-order valence-electron chi connectivity index (χ3n) is 1.06. The van der Waals surface area contributed by atoms with Crippen molar-refractivity contribution in [1.29, 1.82) is 0 Å². The predicted octanol–water partition coefficient (Wildman–Crippen LogP) is 0.682. The van der Waals surface area contributed by atoms with E-state index in [4.69, 9.17) is 5.11 Å². The number of nitrogens with zero attached hydrogens (tertiary/aromatic N) is 2. The molecule has 0 aromatic carbocycles. The van der Waals surface area contributed by atoms with Gasteiger partial charge in [0.2, 0.25) is 5.82 Å². The Bertz CT molecular complexity index is 264. The molecule has 1 aromatic heterocycles. The van der Waals surface area contributed by atoms with Crippen LogP contribution in [0, 0.1) is 0 Å². The number of carboxylic acids is 1. The first-order valence-electron chi connectivity index (χ1n) is 2.64. The van der Waals surface area contributed by atoms with Crippen molar-refractivity contribution in [2.45, 2.75) is 0 Å². The smallest absolute Gasteiger partial charge is 0.372 e. The molecule has 1 rings (SSSR count). The van der Waals surface area contributed by atoms with Crippen LogP contribution in [-0.4, -0.2) is 20.6 Å². The first-order chi connectivity index (χ1) is 4.75. The summed E-state index contributed by atoms with van der Waals surface area (Å²) in [6, 6.07) is 0. The standard InChI is InChI=1S/C6H6N2O2/c1-2-8-4-3-7-5(8)6(9)10/h2-4H,1H2,(H,9,10).